The summed E-state index contributed by atoms with van der Waals surface area (Å²) in [5.41, 5.74) is 1.02. The van der Waals surface area contributed by atoms with Gasteiger partial charge in [0, 0.05) is 18.5 Å². The van der Waals surface area contributed by atoms with Crippen molar-refractivity contribution in [1.82, 2.24) is 4.90 Å². The summed E-state index contributed by atoms with van der Waals surface area (Å²) < 4.78 is 10.8. The Balaban J connectivity index is 2.03. The highest BCUT2D eigenvalue weighted by Crippen LogP contribution is 2.39. The number of methoxy groups -OCH3 is 1. The average Bonchev–Trinajstić information content (AvgIpc) is 3.12. The second-order valence-electron chi connectivity index (χ2n) is 8.27. The fourth-order valence-corrected chi connectivity index (χ4v) is 4.38. The van der Waals surface area contributed by atoms with Gasteiger partial charge in [-0.2, -0.15) is 0 Å². The van der Waals surface area contributed by atoms with Gasteiger partial charge in [-0.3, -0.25) is 9.59 Å². The number of carbonyl (C=O) groups is 2. The maximum absolute atomic E-state index is 13.5. The molecule has 1 aliphatic rings. The summed E-state index contributed by atoms with van der Waals surface area (Å²) in [4.78, 5) is 29.2. The van der Waals surface area contributed by atoms with E-state index in [0.717, 1.165) is 26.1 Å². The van der Waals surface area contributed by atoms with Crippen LogP contribution in [0.4, 0.5) is 0 Å². The van der Waals surface area contributed by atoms with Crippen molar-refractivity contribution in [2.24, 2.45) is 0 Å². The van der Waals surface area contributed by atoms with Crippen molar-refractivity contribution in [2.45, 2.75) is 33.2 Å². The smallest absolute Gasteiger partial charge is 0.295 e. The number of hydrogen-bond donors (Lipinski definition) is 1. The van der Waals surface area contributed by atoms with E-state index in [1.807, 2.05) is 19.1 Å². The quantitative estimate of drug-likeness (QED) is 0.309. The van der Waals surface area contributed by atoms with Crippen LogP contribution in [0.3, 0.4) is 0 Å². The standard InChI is InChI=1S/C27H34N2O5/c1-5-28(6-2)16-9-17-29-24(19-12-14-21(15-13-19)34-7-3)23(26(31)27(29)32)25(30)20-10-8-11-22(18-20)33-4/h8,10-15,18,24,30H,5-7,9,16-17H2,1-4H3. The molecule has 3 rings (SSSR count). The highest BCUT2D eigenvalue weighted by molar-refractivity contribution is 6.46. The number of rotatable bonds is 11. The molecule has 0 saturated carbocycles. The van der Waals surface area contributed by atoms with Crippen molar-refractivity contribution >= 4 is 17.4 Å². The first kappa shape index (κ1) is 25.3. The number of likely N-dealkylation sites (tertiary alicyclic amines) is 1. The zero-order valence-electron chi connectivity index (χ0n) is 20.4. The van der Waals surface area contributed by atoms with Crippen molar-refractivity contribution in [3.63, 3.8) is 0 Å². The summed E-state index contributed by atoms with van der Waals surface area (Å²) in [6.07, 6.45) is 0.740. The van der Waals surface area contributed by atoms with Crippen LogP contribution in [-0.2, 0) is 9.59 Å². The zero-order valence-corrected chi connectivity index (χ0v) is 20.4. The molecule has 2 aromatic rings. The highest BCUT2D eigenvalue weighted by Gasteiger charge is 2.44. The Labute approximate surface area is 201 Å². The third-order valence-corrected chi connectivity index (χ3v) is 6.30. The average molecular weight is 467 g/mol. The molecule has 1 heterocycles. The molecular weight excluding hydrogens is 432 g/mol. The minimum absolute atomic E-state index is 0.0161. The predicted molar refractivity (Wildman–Crippen MR) is 129 cm³/mol. The fraction of sp³-hybridized carbons (Fsp3) is 0.407. The number of carbonyl (C=O) groups excluding carboxylic acids is 2. The molecule has 1 saturated heterocycles. The molecule has 7 heteroatoms. The second-order valence-corrected chi connectivity index (χ2v) is 8.27. The summed E-state index contributed by atoms with van der Waals surface area (Å²) >= 11 is 0. The van der Waals surface area contributed by atoms with Gasteiger partial charge in [-0.15, -0.1) is 0 Å². The summed E-state index contributed by atoms with van der Waals surface area (Å²) in [5.74, 6) is -0.603. The Bertz CT molecular complexity index is 1030. The van der Waals surface area contributed by atoms with Crippen LogP contribution in [0, 0.1) is 0 Å². The number of quaternary nitrogens is 1. The van der Waals surface area contributed by atoms with E-state index in [0.29, 0.717) is 35.8 Å². The highest BCUT2D eigenvalue weighted by atomic mass is 16.5. The third kappa shape index (κ3) is 5.42. The molecule has 7 nitrogen and oxygen atoms in total. The van der Waals surface area contributed by atoms with Crippen molar-refractivity contribution < 1.29 is 29.1 Å². The maximum atomic E-state index is 13.5. The SMILES string of the molecule is CCOc1ccc(C2C(=C([O-])c3cccc(OC)c3)C(=O)C(=O)N2CCC[NH+](CC)CC)cc1. The number of amides is 1. The monoisotopic (exact) mass is 466 g/mol. The van der Waals surface area contributed by atoms with Crippen LogP contribution in [0.1, 0.15) is 44.4 Å². The van der Waals surface area contributed by atoms with Gasteiger partial charge in [0.1, 0.15) is 11.5 Å². The molecule has 0 aliphatic carbocycles. The molecule has 1 amide bonds. The Morgan fingerprint density at radius 2 is 1.74 bits per heavy atom. The van der Waals surface area contributed by atoms with E-state index in [4.69, 9.17) is 9.47 Å². The van der Waals surface area contributed by atoms with E-state index >= 15 is 0 Å². The molecule has 1 atom stereocenters. The Morgan fingerprint density at radius 1 is 1.03 bits per heavy atom. The molecule has 1 unspecified atom stereocenters. The molecule has 34 heavy (non-hydrogen) atoms. The summed E-state index contributed by atoms with van der Waals surface area (Å²) in [5, 5.41) is 13.5. The Hall–Kier alpha value is -3.32. The number of Topliss-reactive ketones (excluding diaryl/α,β-unsaturated/α-hetero) is 1. The molecule has 0 bridgehead atoms. The lowest BCUT2D eigenvalue weighted by atomic mass is 9.95. The molecule has 1 aliphatic heterocycles. The van der Waals surface area contributed by atoms with Crippen molar-refractivity contribution in [2.75, 3.05) is 39.9 Å². The van der Waals surface area contributed by atoms with E-state index in [1.165, 1.54) is 12.0 Å². The Kier molecular flexibility index (Phi) is 8.71. The number of ether oxygens (including phenoxy) is 2. The van der Waals surface area contributed by atoms with Gasteiger partial charge in [-0.05, 0) is 56.2 Å². The van der Waals surface area contributed by atoms with Crippen LogP contribution in [0.2, 0.25) is 0 Å². The minimum atomic E-state index is -0.735. The summed E-state index contributed by atoms with van der Waals surface area (Å²) in [6.45, 7) is 9.98. The lowest BCUT2D eigenvalue weighted by molar-refractivity contribution is -0.896. The molecular formula is C27H34N2O5. The first-order valence-electron chi connectivity index (χ1n) is 11.9. The van der Waals surface area contributed by atoms with E-state index < -0.39 is 23.5 Å². The van der Waals surface area contributed by atoms with Gasteiger partial charge in [0.05, 0.1) is 39.4 Å². The van der Waals surface area contributed by atoms with Crippen LogP contribution in [0.5, 0.6) is 11.5 Å². The van der Waals surface area contributed by atoms with Crippen LogP contribution in [0.15, 0.2) is 54.1 Å². The molecule has 182 valence electrons. The van der Waals surface area contributed by atoms with Crippen LogP contribution in [-0.4, -0.2) is 56.5 Å². The lowest BCUT2D eigenvalue weighted by Gasteiger charge is -2.28. The molecule has 0 spiro atoms. The van der Waals surface area contributed by atoms with Crippen molar-refractivity contribution in [1.29, 1.82) is 0 Å². The number of ketones is 1. The van der Waals surface area contributed by atoms with Gasteiger partial charge in [0.15, 0.2) is 0 Å². The summed E-state index contributed by atoms with van der Waals surface area (Å²) in [7, 11) is 1.52. The first-order chi connectivity index (χ1) is 16.4. The van der Waals surface area contributed by atoms with E-state index in [9.17, 15) is 14.7 Å². The number of nitrogens with one attached hydrogen (secondary N) is 1. The van der Waals surface area contributed by atoms with Crippen LogP contribution < -0.4 is 19.5 Å². The van der Waals surface area contributed by atoms with Gasteiger partial charge in [-0.25, -0.2) is 0 Å². The number of hydrogen-bond acceptors (Lipinski definition) is 5. The maximum Gasteiger partial charge on any atom is 0.295 e. The minimum Gasteiger partial charge on any atom is -0.872 e. The van der Waals surface area contributed by atoms with E-state index in [-0.39, 0.29) is 5.57 Å². The lowest BCUT2D eigenvalue weighted by Crippen LogP contribution is -3.11. The molecule has 1 N–H and O–H groups in total. The normalized spacial score (nSPS) is 17.4. The molecule has 0 aromatic heterocycles. The fourth-order valence-electron chi connectivity index (χ4n) is 4.38. The zero-order chi connectivity index (χ0) is 24.7. The number of nitrogens with zero attached hydrogens (tertiary/aromatic N) is 1. The van der Waals surface area contributed by atoms with Gasteiger partial charge in [-0.1, -0.05) is 30.0 Å². The van der Waals surface area contributed by atoms with Crippen molar-refractivity contribution in [3.05, 3.63) is 65.2 Å². The van der Waals surface area contributed by atoms with E-state index in [2.05, 4.69) is 13.8 Å². The molecule has 1 fully saturated rings. The van der Waals surface area contributed by atoms with Crippen LogP contribution in [0.25, 0.3) is 5.76 Å². The molecule has 2 aromatic carbocycles. The van der Waals surface area contributed by atoms with Gasteiger partial charge in [0.25, 0.3) is 5.91 Å². The third-order valence-electron chi connectivity index (χ3n) is 6.30. The molecule has 0 radical (unpaired) electrons. The summed E-state index contributed by atoms with van der Waals surface area (Å²) in [6, 6.07) is 13.2. The largest absolute Gasteiger partial charge is 0.872 e. The van der Waals surface area contributed by atoms with Crippen LogP contribution >= 0.6 is 0 Å². The predicted octanol–water partition coefficient (Wildman–Crippen LogP) is 1.63. The number of benzene rings is 2. The topological polar surface area (TPSA) is 83.3 Å². The second kappa shape index (κ2) is 11.7. The van der Waals surface area contributed by atoms with Gasteiger partial charge >= 0.3 is 0 Å². The Morgan fingerprint density at radius 3 is 2.35 bits per heavy atom. The van der Waals surface area contributed by atoms with Crippen molar-refractivity contribution in [3.8, 4) is 11.5 Å². The van der Waals surface area contributed by atoms with Gasteiger partial charge < -0.3 is 24.4 Å². The van der Waals surface area contributed by atoms with Gasteiger partial charge in [0.2, 0.25) is 5.78 Å². The first-order valence-corrected chi connectivity index (χ1v) is 11.9. The van der Waals surface area contributed by atoms with E-state index in [1.54, 1.807) is 41.3 Å².